The standard InChI is InChI=1S/C16H23NO3/c1-4-5-14(16(19)20)10-17-15(18)9-13-7-6-11(2)12(3)8-13/h6-8,14H,4-5,9-10H2,1-3H3,(H,17,18)(H,19,20). The van der Waals surface area contributed by atoms with Crippen LogP contribution in [0.2, 0.25) is 0 Å². The van der Waals surface area contributed by atoms with E-state index >= 15 is 0 Å². The second-order valence-electron chi connectivity index (χ2n) is 5.22. The summed E-state index contributed by atoms with van der Waals surface area (Å²) in [5.41, 5.74) is 3.31. The zero-order valence-electron chi connectivity index (χ0n) is 12.4. The second-order valence-corrected chi connectivity index (χ2v) is 5.22. The third kappa shape index (κ3) is 5.03. The molecule has 1 rings (SSSR count). The number of rotatable bonds is 7. The largest absolute Gasteiger partial charge is 0.481 e. The highest BCUT2D eigenvalue weighted by Crippen LogP contribution is 2.10. The molecule has 2 N–H and O–H groups in total. The van der Waals surface area contributed by atoms with E-state index in [9.17, 15) is 9.59 Å². The van der Waals surface area contributed by atoms with Gasteiger partial charge in [0.15, 0.2) is 0 Å². The van der Waals surface area contributed by atoms with Gasteiger partial charge in [0, 0.05) is 6.54 Å². The average molecular weight is 277 g/mol. The number of aliphatic carboxylic acids is 1. The minimum Gasteiger partial charge on any atom is -0.481 e. The van der Waals surface area contributed by atoms with Crippen molar-refractivity contribution in [2.45, 2.75) is 40.0 Å². The lowest BCUT2D eigenvalue weighted by molar-refractivity contribution is -0.141. The van der Waals surface area contributed by atoms with Crippen LogP contribution in [0.25, 0.3) is 0 Å². The molecule has 1 unspecified atom stereocenters. The van der Waals surface area contributed by atoms with Crippen molar-refractivity contribution in [3.8, 4) is 0 Å². The van der Waals surface area contributed by atoms with Gasteiger partial charge in [-0.05, 0) is 37.0 Å². The van der Waals surface area contributed by atoms with Crippen LogP contribution in [-0.4, -0.2) is 23.5 Å². The summed E-state index contributed by atoms with van der Waals surface area (Å²) in [5, 5.41) is 11.7. The molecule has 0 aromatic heterocycles. The molecule has 0 heterocycles. The zero-order valence-corrected chi connectivity index (χ0v) is 12.4. The van der Waals surface area contributed by atoms with Crippen LogP contribution in [0, 0.1) is 19.8 Å². The van der Waals surface area contributed by atoms with E-state index in [4.69, 9.17) is 5.11 Å². The molecule has 1 aromatic rings. The highest BCUT2D eigenvalue weighted by atomic mass is 16.4. The number of hydrogen-bond donors (Lipinski definition) is 2. The van der Waals surface area contributed by atoms with Gasteiger partial charge < -0.3 is 10.4 Å². The first-order valence-corrected chi connectivity index (χ1v) is 6.99. The van der Waals surface area contributed by atoms with E-state index in [0.717, 1.165) is 17.5 Å². The maximum Gasteiger partial charge on any atom is 0.308 e. The summed E-state index contributed by atoms with van der Waals surface area (Å²) in [5.74, 6) is -1.47. The molecular formula is C16H23NO3. The Balaban J connectivity index is 2.50. The highest BCUT2D eigenvalue weighted by Gasteiger charge is 2.17. The molecule has 4 nitrogen and oxygen atoms in total. The normalized spacial score (nSPS) is 11.9. The van der Waals surface area contributed by atoms with Gasteiger partial charge in [-0.25, -0.2) is 0 Å². The molecule has 0 saturated carbocycles. The zero-order chi connectivity index (χ0) is 15.1. The summed E-state index contributed by atoms with van der Waals surface area (Å²) in [4.78, 5) is 22.8. The molecule has 1 aromatic carbocycles. The van der Waals surface area contributed by atoms with Crippen LogP contribution in [0.15, 0.2) is 18.2 Å². The Morgan fingerprint density at radius 1 is 1.25 bits per heavy atom. The molecule has 0 aliphatic carbocycles. The fourth-order valence-corrected chi connectivity index (χ4v) is 2.06. The molecule has 0 radical (unpaired) electrons. The number of carboxylic acids is 1. The number of carbonyl (C=O) groups is 2. The Labute approximate surface area is 120 Å². The first kappa shape index (κ1) is 16.2. The van der Waals surface area contributed by atoms with E-state index in [1.165, 1.54) is 5.56 Å². The maximum atomic E-state index is 11.8. The first-order valence-electron chi connectivity index (χ1n) is 6.99. The van der Waals surface area contributed by atoms with Gasteiger partial charge in [0.05, 0.1) is 12.3 Å². The van der Waals surface area contributed by atoms with Crippen molar-refractivity contribution in [1.29, 1.82) is 0 Å². The first-order chi connectivity index (χ1) is 9.43. The summed E-state index contributed by atoms with van der Waals surface area (Å²) in [6.07, 6.45) is 1.67. The lowest BCUT2D eigenvalue weighted by Crippen LogP contribution is -2.33. The van der Waals surface area contributed by atoms with Crippen molar-refractivity contribution in [2.24, 2.45) is 5.92 Å². The molecule has 0 aliphatic heterocycles. The lowest BCUT2D eigenvalue weighted by Gasteiger charge is -2.12. The quantitative estimate of drug-likeness (QED) is 0.804. The van der Waals surface area contributed by atoms with E-state index in [1.54, 1.807) is 0 Å². The van der Waals surface area contributed by atoms with Gasteiger partial charge in [-0.1, -0.05) is 31.5 Å². The molecule has 1 amide bonds. The summed E-state index contributed by atoms with van der Waals surface area (Å²) in [7, 11) is 0. The molecular weight excluding hydrogens is 254 g/mol. The highest BCUT2D eigenvalue weighted by molar-refractivity contribution is 5.79. The van der Waals surface area contributed by atoms with Crippen LogP contribution in [0.1, 0.15) is 36.5 Å². The minimum atomic E-state index is -0.849. The molecule has 20 heavy (non-hydrogen) atoms. The van der Waals surface area contributed by atoms with Crippen LogP contribution >= 0.6 is 0 Å². The molecule has 4 heteroatoms. The van der Waals surface area contributed by atoms with Crippen molar-refractivity contribution < 1.29 is 14.7 Å². The van der Waals surface area contributed by atoms with Gasteiger partial charge in [-0.15, -0.1) is 0 Å². The third-order valence-electron chi connectivity index (χ3n) is 3.47. The number of benzene rings is 1. The van der Waals surface area contributed by atoms with Crippen molar-refractivity contribution in [1.82, 2.24) is 5.32 Å². The lowest BCUT2D eigenvalue weighted by atomic mass is 10.0. The van der Waals surface area contributed by atoms with Crippen LogP contribution in [-0.2, 0) is 16.0 Å². The Bertz CT molecular complexity index is 483. The van der Waals surface area contributed by atoms with Gasteiger partial charge in [0.1, 0.15) is 0 Å². The van der Waals surface area contributed by atoms with Gasteiger partial charge >= 0.3 is 5.97 Å². The Kier molecular flexibility index (Phi) is 6.22. The average Bonchev–Trinajstić information content (AvgIpc) is 2.38. The second kappa shape index (κ2) is 7.68. The molecule has 1 atom stereocenters. The summed E-state index contributed by atoms with van der Waals surface area (Å²) in [6, 6.07) is 5.92. The van der Waals surface area contributed by atoms with E-state index in [-0.39, 0.29) is 12.5 Å². The number of carbonyl (C=O) groups excluding carboxylic acids is 1. The van der Waals surface area contributed by atoms with Crippen LogP contribution in [0.3, 0.4) is 0 Å². The molecule has 0 saturated heterocycles. The van der Waals surface area contributed by atoms with E-state index in [1.807, 2.05) is 39.0 Å². The minimum absolute atomic E-state index is 0.129. The fourth-order valence-electron chi connectivity index (χ4n) is 2.06. The van der Waals surface area contributed by atoms with Crippen molar-refractivity contribution in [2.75, 3.05) is 6.54 Å². The summed E-state index contributed by atoms with van der Waals surface area (Å²) >= 11 is 0. The van der Waals surface area contributed by atoms with E-state index < -0.39 is 11.9 Å². The van der Waals surface area contributed by atoms with Crippen molar-refractivity contribution in [3.05, 3.63) is 34.9 Å². The number of amides is 1. The molecule has 0 bridgehead atoms. The van der Waals surface area contributed by atoms with Gasteiger partial charge in [0.2, 0.25) is 5.91 Å². The van der Waals surface area contributed by atoms with E-state index in [0.29, 0.717) is 12.8 Å². The fraction of sp³-hybridized carbons (Fsp3) is 0.500. The predicted molar refractivity (Wildman–Crippen MR) is 78.7 cm³/mol. The van der Waals surface area contributed by atoms with Gasteiger partial charge in [-0.3, -0.25) is 9.59 Å². The Morgan fingerprint density at radius 2 is 1.95 bits per heavy atom. The third-order valence-corrected chi connectivity index (χ3v) is 3.47. The van der Waals surface area contributed by atoms with Crippen molar-refractivity contribution in [3.63, 3.8) is 0 Å². The molecule has 0 aliphatic rings. The number of hydrogen-bond acceptors (Lipinski definition) is 2. The monoisotopic (exact) mass is 277 g/mol. The van der Waals surface area contributed by atoms with E-state index in [2.05, 4.69) is 5.32 Å². The van der Waals surface area contributed by atoms with Crippen molar-refractivity contribution >= 4 is 11.9 Å². The number of nitrogens with one attached hydrogen (secondary N) is 1. The Morgan fingerprint density at radius 3 is 2.50 bits per heavy atom. The summed E-state index contributed by atoms with van der Waals surface area (Å²) < 4.78 is 0. The maximum absolute atomic E-state index is 11.8. The number of aryl methyl sites for hydroxylation is 2. The topological polar surface area (TPSA) is 66.4 Å². The Hall–Kier alpha value is -1.84. The summed E-state index contributed by atoms with van der Waals surface area (Å²) in [6.45, 7) is 6.18. The molecule has 0 spiro atoms. The molecule has 110 valence electrons. The smallest absolute Gasteiger partial charge is 0.308 e. The van der Waals surface area contributed by atoms with Crippen LogP contribution in [0.4, 0.5) is 0 Å². The predicted octanol–water partition coefficient (Wildman–Crippen LogP) is 2.46. The van der Waals surface area contributed by atoms with Crippen LogP contribution < -0.4 is 5.32 Å². The van der Waals surface area contributed by atoms with Gasteiger partial charge in [0.25, 0.3) is 0 Å². The number of carboxylic acid groups (broad SMARTS) is 1. The molecule has 0 fully saturated rings. The van der Waals surface area contributed by atoms with Crippen LogP contribution in [0.5, 0.6) is 0 Å². The SMILES string of the molecule is CCCC(CNC(=O)Cc1ccc(C)c(C)c1)C(=O)O. The van der Waals surface area contributed by atoms with Gasteiger partial charge in [-0.2, -0.15) is 0 Å².